The average Bonchev–Trinajstić information content (AvgIpc) is 2.41. The van der Waals surface area contributed by atoms with E-state index < -0.39 is 5.60 Å². The molecule has 1 saturated carbocycles. The van der Waals surface area contributed by atoms with E-state index in [1.165, 1.54) is 12.8 Å². The summed E-state index contributed by atoms with van der Waals surface area (Å²) in [5.41, 5.74) is 0.207. The number of rotatable bonds is 1. The first-order valence-corrected chi connectivity index (χ1v) is 6.32. The molecule has 2 rings (SSSR count). The second-order valence-corrected chi connectivity index (χ2v) is 5.34. The third-order valence-corrected chi connectivity index (χ3v) is 3.71. The number of aliphatic hydroxyl groups is 1. The average molecular weight is 240 g/mol. The van der Waals surface area contributed by atoms with Crippen LogP contribution >= 0.6 is 11.6 Å². The van der Waals surface area contributed by atoms with Crippen molar-refractivity contribution in [2.75, 3.05) is 0 Å². The van der Waals surface area contributed by atoms with Gasteiger partial charge in [-0.3, -0.25) is 0 Å². The SMILES string of the molecule is C[C@H]1CCCCC(O)(c2ccc(Cl)nc2)C1. The van der Waals surface area contributed by atoms with E-state index in [-0.39, 0.29) is 0 Å². The summed E-state index contributed by atoms with van der Waals surface area (Å²) in [6, 6.07) is 3.65. The lowest BCUT2D eigenvalue weighted by molar-refractivity contribution is 0.0103. The molecule has 1 N–H and O–H groups in total. The molecular formula is C13H18ClNO. The molecule has 0 saturated heterocycles. The summed E-state index contributed by atoms with van der Waals surface area (Å²) in [6.45, 7) is 2.21. The number of hydrogen-bond acceptors (Lipinski definition) is 2. The molecule has 0 bridgehead atoms. The lowest BCUT2D eigenvalue weighted by Crippen LogP contribution is -2.26. The smallest absolute Gasteiger partial charge is 0.129 e. The first-order chi connectivity index (χ1) is 7.60. The van der Waals surface area contributed by atoms with Crippen LogP contribution in [0.25, 0.3) is 0 Å². The quantitative estimate of drug-likeness (QED) is 0.601. The molecule has 1 aliphatic rings. The summed E-state index contributed by atoms with van der Waals surface area (Å²) >= 11 is 5.76. The topological polar surface area (TPSA) is 33.1 Å². The molecule has 0 aromatic carbocycles. The third kappa shape index (κ3) is 2.55. The van der Waals surface area contributed by atoms with Crippen LogP contribution in [0.1, 0.15) is 44.6 Å². The van der Waals surface area contributed by atoms with Gasteiger partial charge < -0.3 is 5.11 Å². The highest BCUT2D eigenvalue weighted by molar-refractivity contribution is 6.29. The predicted octanol–water partition coefficient (Wildman–Crippen LogP) is 3.52. The Kier molecular flexibility index (Phi) is 3.50. The maximum atomic E-state index is 10.7. The summed E-state index contributed by atoms with van der Waals surface area (Å²) in [4.78, 5) is 4.06. The molecule has 16 heavy (non-hydrogen) atoms. The number of hydrogen-bond donors (Lipinski definition) is 1. The highest BCUT2D eigenvalue weighted by Crippen LogP contribution is 2.38. The van der Waals surface area contributed by atoms with Crippen molar-refractivity contribution in [3.05, 3.63) is 29.0 Å². The fraction of sp³-hybridized carbons (Fsp3) is 0.615. The fourth-order valence-corrected chi connectivity index (χ4v) is 2.72. The summed E-state index contributed by atoms with van der Waals surface area (Å²) in [5, 5.41) is 11.2. The monoisotopic (exact) mass is 239 g/mol. The van der Waals surface area contributed by atoms with Crippen LogP contribution in [0.4, 0.5) is 0 Å². The van der Waals surface area contributed by atoms with E-state index in [2.05, 4.69) is 11.9 Å². The maximum Gasteiger partial charge on any atom is 0.129 e. The van der Waals surface area contributed by atoms with Crippen LogP contribution in [0.15, 0.2) is 18.3 Å². The van der Waals surface area contributed by atoms with Crippen LogP contribution in [-0.2, 0) is 5.60 Å². The van der Waals surface area contributed by atoms with E-state index in [9.17, 15) is 5.11 Å². The van der Waals surface area contributed by atoms with Gasteiger partial charge in [-0.2, -0.15) is 0 Å². The zero-order valence-electron chi connectivity index (χ0n) is 9.62. The molecule has 1 aliphatic carbocycles. The van der Waals surface area contributed by atoms with Crippen molar-refractivity contribution < 1.29 is 5.11 Å². The van der Waals surface area contributed by atoms with Crippen molar-refractivity contribution in [3.63, 3.8) is 0 Å². The van der Waals surface area contributed by atoms with Crippen molar-refractivity contribution in [1.82, 2.24) is 4.98 Å². The highest BCUT2D eigenvalue weighted by Gasteiger charge is 2.32. The summed E-state index contributed by atoms with van der Waals surface area (Å²) in [6.07, 6.45) is 6.88. The van der Waals surface area contributed by atoms with Crippen LogP contribution in [0.5, 0.6) is 0 Å². The summed E-state index contributed by atoms with van der Waals surface area (Å²) in [5.74, 6) is 0.572. The molecule has 1 unspecified atom stereocenters. The Hall–Kier alpha value is -0.600. The number of aromatic nitrogens is 1. The Labute approximate surface area is 102 Å². The normalized spacial score (nSPS) is 31.1. The van der Waals surface area contributed by atoms with Crippen LogP contribution in [0.2, 0.25) is 5.15 Å². The van der Waals surface area contributed by atoms with Crippen molar-refractivity contribution in [1.29, 1.82) is 0 Å². The van der Waals surface area contributed by atoms with Gasteiger partial charge in [0.1, 0.15) is 5.15 Å². The Morgan fingerprint density at radius 3 is 2.94 bits per heavy atom. The predicted molar refractivity (Wildman–Crippen MR) is 65.4 cm³/mol. The van der Waals surface area contributed by atoms with Crippen LogP contribution in [0.3, 0.4) is 0 Å². The van der Waals surface area contributed by atoms with Gasteiger partial charge >= 0.3 is 0 Å². The van der Waals surface area contributed by atoms with E-state index in [1.807, 2.05) is 6.07 Å². The molecule has 0 radical (unpaired) electrons. The van der Waals surface area contributed by atoms with E-state index in [0.29, 0.717) is 11.1 Å². The van der Waals surface area contributed by atoms with Gasteiger partial charge in [-0.1, -0.05) is 43.9 Å². The van der Waals surface area contributed by atoms with Gasteiger partial charge in [-0.15, -0.1) is 0 Å². The third-order valence-electron chi connectivity index (χ3n) is 3.49. The van der Waals surface area contributed by atoms with Gasteiger partial charge in [0.05, 0.1) is 5.60 Å². The van der Waals surface area contributed by atoms with Crippen LogP contribution in [-0.4, -0.2) is 10.1 Å². The molecule has 2 atom stereocenters. The Morgan fingerprint density at radius 1 is 1.44 bits per heavy atom. The largest absolute Gasteiger partial charge is 0.385 e. The number of halogens is 1. The lowest BCUT2D eigenvalue weighted by atomic mass is 9.84. The number of pyridine rings is 1. The van der Waals surface area contributed by atoms with Gasteiger partial charge in [-0.25, -0.2) is 4.98 Å². The lowest BCUT2D eigenvalue weighted by Gasteiger charge is -2.28. The second-order valence-electron chi connectivity index (χ2n) is 4.96. The molecule has 1 aromatic heterocycles. The van der Waals surface area contributed by atoms with E-state index in [0.717, 1.165) is 24.8 Å². The van der Waals surface area contributed by atoms with Gasteiger partial charge in [0.2, 0.25) is 0 Å². The molecular weight excluding hydrogens is 222 g/mol. The zero-order valence-corrected chi connectivity index (χ0v) is 10.4. The van der Waals surface area contributed by atoms with E-state index >= 15 is 0 Å². The van der Waals surface area contributed by atoms with Crippen molar-refractivity contribution in [2.24, 2.45) is 5.92 Å². The standard InChI is InChI=1S/C13H18ClNO/c1-10-4-2-3-7-13(16,8-10)11-5-6-12(14)15-9-11/h5-6,9-10,16H,2-4,7-8H2,1H3/t10-,13?/m0/s1. The van der Waals surface area contributed by atoms with Crippen LogP contribution in [0, 0.1) is 5.92 Å². The van der Waals surface area contributed by atoms with Gasteiger partial charge in [0.25, 0.3) is 0 Å². The van der Waals surface area contributed by atoms with Crippen molar-refractivity contribution in [2.45, 2.75) is 44.6 Å². The summed E-state index contributed by atoms with van der Waals surface area (Å²) < 4.78 is 0. The molecule has 1 fully saturated rings. The second kappa shape index (κ2) is 4.72. The number of nitrogens with zero attached hydrogens (tertiary/aromatic N) is 1. The molecule has 0 spiro atoms. The minimum absolute atomic E-state index is 0.481. The van der Waals surface area contributed by atoms with Gasteiger partial charge in [0, 0.05) is 11.8 Å². The van der Waals surface area contributed by atoms with Gasteiger partial charge in [-0.05, 0) is 24.8 Å². The van der Waals surface area contributed by atoms with Crippen molar-refractivity contribution in [3.8, 4) is 0 Å². The van der Waals surface area contributed by atoms with Crippen molar-refractivity contribution >= 4 is 11.6 Å². The molecule has 1 heterocycles. The first kappa shape index (κ1) is 11.9. The molecule has 2 nitrogen and oxygen atoms in total. The van der Waals surface area contributed by atoms with Gasteiger partial charge in [0.15, 0.2) is 0 Å². The van der Waals surface area contributed by atoms with E-state index in [4.69, 9.17) is 11.6 Å². The first-order valence-electron chi connectivity index (χ1n) is 5.94. The highest BCUT2D eigenvalue weighted by atomic mass is 35.5. The van der Waals surface area contributed by atoms with Crippen LogP contribution < -0.4 is 0 Å². The molecule has 0 amide bonds. The molecule has 0 aliphatic heterocycles. The Bertz CT molecular complexity index is 351. The molecule has 88 valence electrons. The minimum atomic E-state index is -0.701. The van der Waals surface area contributed by atoms with E-state index in [1.54, 1.807) is 12.3 Å². The Morgan fingerprint density at radius 2 is 2.25 bits per heavy atom. The Balaban J connectivity index is 2.25. The minimum Gasteiger partial charge on any atom is -0.385 e. The molecule has 3 heteroatoms. The fourth-order valence-electron chi connectivity index (χ4n) is 2.60. The summed E-state index contributed by atoms with van der Waals surface area (Å²) in [7, 11) is 0. The molecule has 1 aromatic rings. The zero-order chi connectivity index (χ0) is 11.6. The maximum absolute atomic E-state index is 10.7.